The zero-order valence-corrected chi connectivity index (χ0v) is 10.6. The summed E-state index contributed by atoms with van der Waals surface area (Å²) in [5, 5.41) is 9.43. The second kappa shape index (κ2) is 6.47. The number of ether oxygens (including phenoxy) is 2. The molecule has 4 nitrogen and oxygen atoms in total. The molecule has 0 saturated carbocycles. The number of nitrogens with two attached hydrogens (primary N) is 1. The lowest BCUT2D eigenvalue weighted by Gasteiger charge is -2.18. The topological polar surface area (TPSA) is 64.7 Å². The van der Waals surface area contributed by atoms with Gasteiger partial charge in [0, 0.05) is 0 Å². The number of rotatable bonds is 6. The van der Waals surface area contributed by atoms with Crippen LogP contribution in [0.15, 0.2) is 18.2 Å². The Kier molecular flexibility index (Phi) is 5.25. The second-order valence-corrected chi connectivity index (χ2v) is 4.13. The molecule has 17 heavy (non-hydrogen) atoms. The molecule has 0 amide bonds. The van der Waals surface area contributed by atoms with Crippen molar-refractivity contribution in [1.29, 1.82) is 0 Å². The van der Waals surface area contributed by atoms with Crippen molar-refractivity contribution in [3.8, 4) is 11.5 Å². The molecule has 1 aromatic carbocycles. The monoisotopic (exact) mass is 239 g/mol. The number of methoxy groups -OCH3 is 2. The van der Waals surface area contributed by atoms with E-state index in [-0.39, 0.29) is 12.0 Å². The maximum atomic E-state index is 9.43. The molecule has 0 aromatic heterocycles. The SMILES string of the molecule is COc1ccc(C(CN)CC(C)O)cc1OC. The largest absolute Gasteiger partial charge is 0.493 e. The molecule has 0 heterocycles. The van der Waals surface area contributed by atoms with E-state index in [2.05, 4.69) is 0 Å². The lowest BCUT2D eigenvalue weighted by Crippen LogP contribution is -2.17. The van der Waals surface area contributed by atoms with Gasteiger partial charge in [-0.3, -0.25) is 0 Å². The molecule has 0 aliphatic rings. The summed E-state index contributed by atoms with van der Waals surface area (Å²) in [6.45, 7) is 2.27. The molecule has 0 fully saturated rings. The van der Waals surface area contributed by atoms with Gasteiger partial charge in [0.25, 0.3) is 0 Å². The molecule has 0 aliphatic heterocycles. The van der Waals surface area contributed by atoms with E-state index in [1.807, 2.05) is 18.2 Å². The minimum atomic E-state index is -0.364. The first-order valence-corrected chi connectivity index (χ1v) is 5.72. The van der Waals surface area contributed by atoms with Crippen molar-refractivity contribution in [3.05, 3.63) is 23.8 Å². The van der Waals surface area contributed by atoms with Gasteiger partial charge in [0.1, 0.15) is 0 Å². The van der Waals surface area contributed by atoms with Crippen molar-refractivity contribution in [2.45, 2.75) is 25.4 Å². The van der Waals surface area contributed by atoms with Crippen LogP contribution in [0, 0.1) is 0 Å². The highest BCUT2D eigenvalue weighted by atomic mass is 16.5. The molecule has 0 aliphatic carbocycles. The highest BCUT2D eigenvalue weighted by Crippen LogP contribution is 2.31. The first-order valence-electron chi connectivity index (χ1n) is 5.72. The third-order valence-corrected chi connectivity index (χ3v) is 2.79. The molecule has 1 rings (SSSR count). The molecule has 96 valence electrons. The summed E-state index contributed by atoms with van der Waals surface area (Å²) in [6.07, 6.45) is 0.281. The average molecular weight is 239 g/mol. The highest BCUT2D eigenvalue weighted by Gasteiger charge is 2.15. The van der Waals surface area contributed by atoms with E-state index in [9.17, 15) is 5.11 Å². The van der Waals surface area contributed by atoms with Crippen LogP contribution in [-0.4, -0.2) is 32.0 Å². The summed E-state index contributed by atoms with van der Waals surface area (Å²) >= 11 is 0. The Labute approximate surface area is 102 Å². The van der Waals surface area contributed by atoms with Crippen LogP contribution in [0.5, 0.6) is 11.5 Å². The fraction of sp³-hybridized carbons (Fsp3) is 0.538. The van der Waals surface area contributed by atoms with Gasteiger partial charge in [0.2, 0.25) is 0 Å². The summed E-state index contributed by atoms with van der Waals surface area (Å²) in [5.74, 6) is 1.52. The first-order chi connectivity index (χ1) is 8.12. The van der Waals surface area contributed by atoms with Crippen LogP contribution in [0.3, 0.4) is 0 Å². The van der Waals surface area contributed by atoms with Gasteiger partial charge in [0.15, 0.2) is 11.5 Å². The van der Waals surface area contributed by atoms with Gasteiger partial charge in [0.05, 0.1) is 20.3 Å². The van der Waals surface area contributed by atoms with E-state index in [4.69, 9.17) is 15.2 Å². The Morgan fingerprint density at radius 3 is 2.35 bits per heavy atom. The maximum absolute atomic E-state index is 9.43. The molecular weight excluding hydrogens is 218 g/mol. The average Bonchev–Trinajstić information content (AvgIpc) is 2.34. The number of hydrogen-bond acceptors (Lipinski definition) is 4. The third-order valence-electron chi connectivity index (χ3n) is 2.79. The van der Waals surface area contributed by atoms with E-state index < -0.39 is 0 Å². The number of hydrogen-bond donors (Lipinski definition) is 2. The van der Waals surface area contributed by atoms with E-state index in [0.717, 1.165) is 5.56 Å². The van der Waals surface area contributed by atoms with Crippen molar-refractivity contribution in [2.24, 2.45) is 5.73 Å². The highest BCUT2D eigenvalue weighted by molar-refractivity contribution is 5.44. The van der Waals surface area contributed by atoms with Gasteiger partial charge in [-0.2, -0.15) is 0 Å². The molecular formula is C13H21NO3. The van der Waals surface area contributed by atoms with Crippen LogP contribution in [0.4, 0.5) is 0 Å². The van der Waals surface area contributed by atoms with Gasteiger partial charge in [-0.25, -0.2) is 0 Å². The van der Waals surface area contributed by atoms with E-state index in [1.165, 1.54) is 0 Å². The summed E-state index contributed by atoms with van der Waals surface area (Å²) in [5.41, 5.74) is 6.79. The van der Waals surface area contributed by atoms with Crippen molar-refractivity contribution >= 4 is 0 Å². The quantitative estimate of drug-likeness (QED) is 0.790. The third kappa shape index (κ3) is 3.61. The first kappa shape index (κ1) is 13.8. The lowest BCUT2D eigenvalue weighted by molar-refractivity contribution is 0.175. The lowest BCUT2D eigenvalue weighted by atomic mass is 9.93. The van der Waals surface area contributed by atoms with Crippen LogP contribution in [0.2, 0.25) is 0 Å². The van der Waals surface area contributed by atoms with Crippen LogP contribution in [0.25, 0.3) is 0 Å². The molecule has 2 unspecified atom stereocenters. The van der Waals surface area contributed by atoms with Gasteiger partial charge >= 0.3 is 0 Å². The molecule has 0 saturated heterocycles. The van der Waals surface area contributed by atoms with Crippen molar-refractivity contribution in [2.75, 3.05) is 20.8 Å². The molecule has 0 bridgehead atoms. The Morgan fingerprint density at radius 2 is 1.88 bits per heavy atom. The minimum Gasteiger partial charge on any atom is -0.493 e. The summed E-state index contributed by atoms with van der Waals surface area (Å²) in [7, 11) is 3.21. The standard InChI is InChI=1S/C13H21NO3/c1-9(15)6-11(8-14)10-4-5-12(16-2)13(7-10)17-3/h4-5,7,9,11,15H,6,8,14H2,1-3H3. The summed E-state index contributed by atoms with van der Waals surface area (Å²) in [6, 6.07) is 5.73. The maximum Gasteiger partial charge on any atom is 0.160 e. The van der Waals surface area contributed by atoms with Gasteiger partial charge in [-0.1, -0.05) is 6.07 Å². The van der Waals surface area contributed by atoms with Crippen molar-refractivity contribution in [1.82, 2.24) is 0 Å². The van der Waals surface area contributed by atoms with E-state index >= 15 is 0 Å². The zero-order valence-electron chi connectivity index (χ0n) is 10.6. The molecule has 4 heteroatoms. The molecule has 1 aromatic rings. The van der Waals surface area contributed by atoms with Crippen LogP contribution in [0.1, 0.15) is 24.8 Å². The second-order valence-electron chi connectivity index (χ2n) is 4.13. The summed E-state index contributed by atoms with van der Waals surface area (Å²) < 4.78 is 10.4. The Hall–Kier alpha value is -1.26. The predicted octanol–water partition coefficient (Wildman–Crippen LogP) is 1.52. The fourth-order valence-electron chi connectivity index (χ4n) is 1.89. The number of aliphatic hydroxyl groups excluding tert-OH is 1. The Balaban J connectivity index is 2.96. The van der Waals surface area contributed by atoms with Gasteiger partial charge in [-0.05, 0) is 43.5 Å². The van der Waals surface area contributed by atoms with Crippen LogP contribution >= 0.6 is 0 Å². The van der Waals surface area contributed by atoms with E-state index in [0.29, 0.717) is 24.5 Å². The Bertz CT molecular complexity index is 353. The number of aliphatic hydroxyl groups is 1. The molecule has 0 spiro atoms. The smallest absolute Gasteiger partial charge is 0.160 e. The number of benzene rings is 1. The van der Waals surface area contributed by atoms with Crippen molar-refractivity contribution < 1.29 is 14.6 Å². The Morgan fingerprint density at radius 1 is 1.24 bits per heavy atom. The van der Waals surface area contributed by atoms with Gasteiger partial charge in [-0.15, -0.1) is 0 Å². The molecule has 0 radical (unpaired) electrons. The van der Waals surface area contributed by atoms with E-state index in [1.54, 1.807) is 21.1 Å². The normalized spacial score (nSPS) is 14.2. The zero-order chi connectivity index (χ0) is 12.8. The predicted molar refractivity (Wildman–Crippen MR) is 67.6 cm³/mol. The fourth-order valence-corrected chi connectivity index (χ4v) is 1.89. The molecule has 2 atom stereocenters. The van der Waals surface area contributed by atoms with Crippen LogP contribution < -0.4 is 15.2 Å². The minimum absolute atomic E-state index is 0.134. The van der Waals surface area contributed by atoms with Crippen LogP contribution in [-0.2, 0) is 0 Å². The molecule has 3 N–H and O–H groups in total. The summed E-state index contributed by atoms with van der Waals surface area (Å²) in [4.78, 5) is 0. The van der Waals surface area contributed by atoms with Gasteiger partial charge < -0.3 is 20.3 Å². The van der Waals surface area contributed by atoms with Crippen molar-refractivity contribution in [3.63, 3.8) is 0 Å².